The van der Waals surface area contributed by atoms with Crippen molar-refractivity contribution in [3.8, 4) is 0 Å². The molecule has 1 nitrogen and oxygen atoms in total. The number of halogens is 2. The van der Waals surface area contributed by atoms with Crippen molar-refractivity contribution in [3.05, 3.63) is 59.2 Å². The summed E-state index contributed by atoms with van der Waals surface area (Å²) >= 11 is -0.628. The first-order valence-corrected chi connectivity index (χ1v) is 10.1. The van der Waals surface area contributed by atoms with Crippen LogP contribution in [0.1, 0.15) is 46.6 Å². The Morgan fingerprint density at radius 1 is 1.00 bits per heavy atom. The Morgan fingerprint density at radius 2 is 1.69 bits per heavy atom. The zero-order chi connectivity index (χ0) is 17.3. The van der Waals surface area contributed by atoms with E-state index in [0.29, 0.717) is 0 Å². The molecule has 0 unspecified atom stereocenters. The normalized spacial score (nSPS) is 13.8. The Hall–Kier alpha value is -0.566. The van der Waals surface area contributed by atoms with Gasteiger partial charge in [0.1, 0.15) is 0 Å². The smallest absolute Gasteiger partial charge is 1.00 e. The third kappa shape index (κ3) is 5.24. The molecule has 1 aliphatic carbocycles. The van der Waals surface area contributed by atoms with E-state index in [9.17, 15) is 0 Å². The first kappa shape index (κ1) is 23.5. The molecule has 0 spiro atoms. The summed E-state index contributed by atoms with van der Waals surface area (Å²) in [6, 6.07) is 13.3. The first-order chi connectivity index (χ1) is 11.4. The Balaban J connectivity index is 0.00000169. The number of hydrogen-bond donors (Lipinski definition) is 0. The Labute approximate surface area is 179 Å². The van der Waals surface area contributed by atoms with Crippen molar-refractivity contribution in [3.63, 3.8) is 0 Å². The first-order valence-electron chi connectivity index (χ1n) is 8.63. The van der Waals surface area contributed by atoms with Crippen LogP contribution in [0.25, 0.3) is 16.3 Å². The molecule has 0 bridgehead atoms. The van der Waals surface area contributed by atoms with Crippen LogP contribution < -0.4 is 28.7 Å². The minimum Gasteiger partial charge on any atom is -1.00 e. The van der Waals surface area contributed by atoms with Crippen LogP contribution in [0.2, 0.25) is 0 Å². The van der Waals surface area contributed by atoms with E-state index in [1.54, 1.807) is 0 Å². The van der Waals surface area contributed by atoms with Crippen LogP contribution in [-0.2, 0) is 22.9 Å². The van der Waals surface area contributed by atoms with Crippen molar-refractivity contribution in [2.45, 2.75) is 41.0 Å². The summed E-state index contributed by atoms with van der Waals surface area (Å²) in [4.78, 5) is 0. The number of rotatable bonds is 4. The van der Waals surface area contributed by atoms with E-state index in [1.165, 1.54) is 36.9 Å². The molecule has 0 amide bonds. The van der Waals surface area contributed by atoms with Gasteiger partial charge in [-0.15, -0.1) is 0 Å². The molecule has 3 rings (SSSR count). The van der Waals surface area contributed by atoms with Crippen LogP contribution in [-0.4, -0.2) is 6.61 Å². The molecule has 4 heteroatoms. The molecule has 1 aliphatic rings. The molecule has 0 radical (unpaired) electrons. The summed E-state index contributed by atoms with van der Waals surface area (Å²) in [5, 5.41) is 2.69. The zero-order valence-corrected chi connectivity index (χ0v) is 19.2. The largest absolute Gasteiger partial charge is 1.00 e. The van der Waals surface area contributed by atoms with Gasteiger partial charge < -0.3 is 24.8 Å². The topological polar surface area (TPSA) is 9.23 Å². The molecule has 0 saturated heterocycles. The van der Waals surface area contributed by atoms with Gasteiger partial charge in [-0.25, -0.2) is 0 Å². The third-order valence-corrected chi connectivity index (χ3v) is 6.20. The summed E-state index contributed by atoms with van der Waals surface area (Å²) in [5.74, 6) is 0. The average molecular weight is 425 g/mol. The van der Waals surface area contributed by atoms with Gasteiger partial charge in [0.15, 0.2) is 0 Å². The van der Waals surface area contributed by atoms with E-state index in [1.807, 2.05) is 0 Å². The van der Waals surface area contributed by atoms with Gasteiger partial charge in [0, 0.05) is 0 Å². The molecule has 0 fully saturated rings. The summed E-state index contributed by atoms with van der Waals surface area (Å²) in [6.45, 7) is 12.0. The number of fused-ring (bicyclic) bond motifs is 1. The second-order valence-electron chi connectivity index (χ2n) is 7.86. The summed E-state index contributed by atoms with van der Waals surface area (Å²) in [6.07, 6.45) is 3.40. The minimum absolute atomic E-state index is 0. The SMILES string of the molecule is CC1=CCC(c2ccc3ccccc3[c]2[Ti+2][O]CC(C)(C)C)=C1C.[Cl-].[Cl-]. The molecule has 0 atom stereocenters. The number of allylic oxidation sites excluding steroid dienone is 4. The molecule has 0 saturated carbocycles. The maximum absolute atomic E-state index is 6.24. The van der Waals surface area contributed by atoms with Crippen molar-refractivity contribution >= 4 is 20.2 Å². The van der Waals surface area contributed by atoms with Gasteiger partial charge in [-0.2, -0.15) is 0 Å². The second kappa shape index (κ2) is 9.58. The maximum atomic E-state index is 6.24. The summed E-state index contributed by atoms with van der Waals surface area (Å²) in [7, 11) is 0. The Kier molecular flexibility index (Phi) is 8.65. The van der Waals surface area contributed by atoms with E-state index in [2.05, 4.69) is 77.1 Å². The molecule has 0 aromatic heterocycles. The fourth-order valence-electron chi connectivity index (χ4n) is 3.07. The molecule has 138 valence electrons. The van der Waals surface area contributed by atoms with Crippen molar-refractivity contribution in [1.82, 2.24) is 0 Å². The average Bonchev–Trinajstić information content (AvgIpc) is 2.86. The van der Waals surface area contributed by atoms with E-state index >= 15 is 0 Å². The molecular weight excluding hydrogens is 399 g/mol. The minimum atomic E-state index is -0.628. The van der Waals surface area contributed by atoms with Gasteiger partial charge in [-0.3, -0.25) is 0 Å². The van der Waals surface area contributed by atoms with Crippen LogP contribution in [0.4, 0.5) is 0 Å². The van der Waals surface area contributed by atoms with Gasteiger partial charge >= 0.3 is 155 Å². The predicted molar refractivity (Wildman–Crippen MR) is 100.0 cm³/mol. The van der Waals surface area contributed by atoms with Gasteiger partial charge in [-0.05, 0) is 0 Å². The van der Waals surface area contributed by atoms with Crippen LogP contribution in [0.5, 0.6) is 0 Å². The third-order valence-electron chi connectivity index (χ3n) is 4.59. The van der Waals surface area contributed by atoms with Gasteiger partial charge in [-0.1, -0.05) is 0 Å². The van der Waals surface area contributed by atoms with Crippen LogP contribution in [0.3, 0.4) is 0 Å². The molecule has 2 aromatic carbocycles. The number of benzene rings is 2. The van der Waals surface area contributed by atoms with E-state index < -0.39 is 19.5 Å². The zero-order valence-electron chi connectivity index (χ0n) is 16.1. The fourth-order valence-corrected chi connectivity index (χ4v) is 5.15. The van der Waals surface area contributed by atoms with Gasteiger partial charge in [0.2, 0.25) is 0 Å². The monoisotopic (exact) mass is 424 g/mol. The Morgan fingerprint density at radius 3 is 2.31 bits per heavy atom. The Bertz CT molecular complexity index is 832. The van der Waals surface area contributed by atoms with Crippen LogP contribution in [0, 0.1) is 5.41 Å². The molecule has 2 aromatic rings. The van der Waals surface area contributed by atoms with E-state index in [4.69, 9.17) is 3.32 Å². The van der Waals surface area contributed by atoms with Gasteiger partial charge in [0.25, 0.3) is 0 Å². The summed E-state index contributed by atoms with van der Waals surface area (Å²) in [5.41, 5.74) is 5.97. The summed E-state index contributed by atoms with van der Waals surface area (Å²) < 4.78 is 7.69. The van der Waals surface area contributed by atoms with Crippen molar-refractivity contribution in [2.24, 2.45) is 5.41 Å². The molecule has 0 N–H and O–H groups in total. The molecular formula is C22H26Cl2OTi. The standard InChI is InChI=1S/C17H15.C5H11O.2ClH.Ti/c1-12-7-10-17(13(12)2)16-9-8-14-5-3-4-6-15(14)11-16;1-5(2,3)4-6;;;/h3-9H,10H2,1-2H3;4H2,1-3H3;2*1H;/q;-1;;;+3/p-2. The van der Waals surface area contributed by atoms with Crippen molar-refractivity contribution < 1.29 is 47.7 Å². The van der Waals surface area contributed by atoms with E-state index in [0.717, 1.165) is 13.0 Å². The number of hydrogen-bond acceptors (Lipinski definition) is 1. The quantitative estimate of drug-likeness (QED) is 0.610. The molecule has 0 heterocycles. The second-order valence-corrected chi connectivity index (χ2v) is 9.41. The maximum Gasteiger partial charge on any atom is -1.00 e. The van der Waals surface area contributed by atoms with Gasteiger partial charge in [0.05, 0.1) is 0 Å². The van der Waals surface area contributed by atoms with Crippen molar-refractivity contribution in [1.29, 1.82) is 0 Å². The fraction of sp³-hybridized carbons (Fsp3) is 0.364. The van der Waals surface area contributed by atoms with E-state index in [-0.39, 0.29) is 30.2 Å². The molecule has 0 aliphatic heterocycles. The van der Waals surface area contributed by atoms with Crippen LogP contribution >= 0.6 is 0 Å². The predicted octanol–water partition coefficient (Wildman–Crippen LogP) is -0.343. The van der Waals surface area contributed by atoms with Crippen LogP contribution in [0.15, 0.2) is 53.6 Å². The molecule has 26 heavy (non-hydrogen) atoms. The van der Waals surface area contributed by atoms with Crippen molar-refractivity contribution in [2.75, 3.05) is 6.61 Å².